The van der Waals surface area contributed by atoms with Crippen LogP contribution in [0.15, 0.2) is 24.4 Å². The van der Waals surface area contributed by atoms with Gasteiger partial charge in [0.25, 0.3) is 0 Å². The average molecular weight is 191 g/mol. The van der Waals surface area contributed by atoms with Crippen molar-refractivity contribution in [1.29, 1.82) is 0 Å². The number of nitrogens with zero attached hydrogens (tertiary/aromatic N) is 2. The van der Waals surface area contributed by atoms with Crippen molar-refractivity contribution in [2.24, 2.45) is 0 Å². The summed E-state index contributed by atoms with van der Waals surface area (Å²) < 4.78 is 0. The molecule has 0 amide bonds. The number of rotatable bonds is 1. The Kier molecular flexibility index (Phi) is 3.11. The molecule has 1 atom stereocenters. The number of pyridine rings is 1. The van der Waals surface area contributed by atoms with Crippen LogP contribution in [0.25, 0.3) is 0 Å². The lowest BCUT2D eigenvalue weighted by molar-refractivity contribution is 0.253. The first-order chi connectivity index (χ1) is 6.88. The molecule has 1 fully saturated rings. The molecule has 3 heteroatoms. The molecule has 0 bridgehead atoms. The molecule has 2 heterocycles. The molecule has 76 valence electrons. The van der Waals surface area contributed by atoms with Gasteiger partial charge < -0.3 is 5.32 Å². The molecule has 1 aliphatic rings. The zero-order valence-electron chi connectivity index (χ0n) is 8.61. The third-order valence-electron chi connectivity index (χ3n) is 2.80. The summed E-state index contributed by atoms with van der Waals surface area (Å²) in [6.45, 7) is 3.27. The highest BCUT2D eigenvalue weighted by Crippen LogP contribution is 2.21. The maximum absolute atomic E-state index is 4.43. The smallest absolute Gasteiger partial charge is 0.0575 e. The molecule has 1 aromatic rings. The van der Waals surface area contributed by atoms with E-state index in [4.69, 9.17) is 0 Å². The molecule has 14 heavy (non-hydrogen) atoms. The van der Waals surface area contributed by atoms with Gasteiger partial charge in [-0.05, 0) is 32.1 Å². The summed E-state index contributed by atoms with van der Waals surface area (Å²) in [5.41, 5.74) is 1.19. The summed E-state index contributed by atoms with van der Waals surface area (Å²) in [6.07, 6.45) is 3.02. The van der Waals surface area contributed by atoms with Crippen LogP contribution in [0, 0.1) is 0 Å². The number of hydrogen-bond donors (Lipinski definition) is 1. The van der Waals surface area contributed by atoms with Crippen molar-refractivity contribution in [2.45, 2.75) is 12.5 Å². The highest BCUT2D eigenvalue weighted by molar-refractivity contribution is 5.09. The molecule has 1 N–H and O–H groups in total. The van der Waals surface area contributed by atoms with Crippen LogP contribution < -0.4 is 5.32 Å². The maximum atomic E-state index is 4.43. The predicted octanol–water partition coefficient (Wildman–Crippen LogP) is 1.05. The van der Waals surface area contributed by atoms with Crippen molar-refractivity contribution in [2.75, 3.05) is 26.7 Å². The number of hydrogen-bond acceptors (Lipinski definition) is 3. The number of nitrogens with one attached hydrogen (secondary N) is 1. The Balaban J connectivity index is 2.15. The second-order valence-corrected chi connectivity index (χ2v) is 3.79. The van der Waals surface area contributed by atoms with Gasteiger partial charge in [0.05, 0.1) is 11.7 Å². The van der Waals surface area contributed by atoms with E-state index in [1.54, 1.807) is 0 Å². The third kappa shape index (κ3) is 2.11. The fraction of sp³-hybridized carbons (Fsp3) is 0.545. The van der Waals surface area contributed by atoms with Crippen molar-refractivity contribution < 1.29 is 0 Å². The van der Waals surface area contributed by atoms with Gasteiger partial charge in [-0.25, -0.2) is 0 Å². The molecule has 2 rings (SSSR count). The minimum atomic E-state index is 0.478. The SMILES string of the molecule is CN1CCNCCC1c1ccccn1. The third-order valence-corrected chi connectivity index (χ3v) is 2.80. The van der Waals surface area contributed by atoms with Gasteiger partial charge in [-0.2, -0.15) is 0 Å². The molecule has 0 saturated carbocycles. The largest absolute Gasteiger partial charge is 0.315 e. The highest BCUT2D eigenvalue weighted by Gasteiger charge is 2.19. The fourth-order valence-corrected chi connectivity index (χ4v) is 1.94. The first-order valence-electron chi connectivity index (χ1n) is 5.20. The van der Waals surface area contributed by atoms with E-state index < -0.39 is 0 Å². The van der Waals surface area contributed by atoms with Crippen molar-refractivity contribution in [3.8, 4) is 0 Å². The minimum absolute atomic E-state index is 0.478. The normalized spacial score (nSPS) is 24.5. The zero-order valence-corrected chi connectivity index (χ0v) is 8.61. The van der Waals surface area contributed by atoms with Crippen molar-refractivity contribution in [1.82, 2.24) is 15.2 Å². The quantitative estimate of drug-likeness (QED) is 0.719. The highest BCUT2D eigenvalue weighted by atomic mass is 15.2. The Bertz CT molecular complexity index is 273. The predicted molar refractivity (Wildman–Crippen MR) is 57.1 cm³/mol. The van der Waals surface area contributed by atoms with E-state index >= 15 is 0 Å². The lowest BCUT2D eigenvalue weighted by Gasteiger charge is -2.24. The van der Waals surface area contributed by atoms with E-state index in [0.29, 0.717) is 6.04 Å². The zero-order chi connectivity index (χ0) is 9.80. The van der Waals surface area contributed by atoms with Crippen LogP contribution >= 0.6 is 0 Å². The van der Waals surface area contributed by atoms with Gasteiger partial charge in [0.15, 0.2) is 0 Å². The standard InChI is InChI=1S/C11H17N3/c1-14-9-8-12-7-5-11(14)10-4-2-3-6-13-10/h2-4,6,11-12H,5,7-9H2,1H3. The van der Waals surface area contributed by atoms with Crippen molar-refractivity contribution in [3.63, 3.8) is 0 Å². The number of likely N-dealkylation sites (N-methyl/N-ethyl adjacent to an activating group) is 1. The van der Waals surface area contributed by atoms with Gasteiger partial charge in [-0.15, -0.1) is 0 Å². The lowest BCUT2D eigenvalue weighted by atomic mass is 10.1. The molecule has 0 aromatic carbocycles. The van der Waals surface area contributed by atoms with Gasteiger partial charge in [-0.1, -0.05) is 6.07 Å². The van der Waals surface area contributed by atoms with Gasteiger partial charge in [0.2, 0.25) is 0 Å². The van der Waals surface area contributed by atoms with Gasteiger partial charge >= 0.3 is 0 Å². The Labute approximate surface area is 85.1 Å². The Morgan fingerprint density at radius 1 is 1.43 bits per heavy atom. The molecule has 1 aliphatic heterocycles. The topological polar surface area (TPSA) is 28.2 Å². The summed E-state index contributed by atoms with van der Waals surface area (Å²) in [7, 11) is 2.17. The van der Waals surface area contributed by atoms with Crippen LogP contribution in [-0.2, 0) is 0 Å². The molecule has 1 aromatic heterocycles. The van der Waals surface area contributed by atoms with Crippen LogP contribution in [0.2, 0.25) is 0 Å². The summed E-state index contributed by atoms with van der Waals surface area (Å²) >= 11 is 0. The second-order valence-electron chi connectivity index (χ2n) is 3.79. The summed E-state index contributed by atoms with van der Waals surface area (Å²) in [4.78, 5) is 6.80. The second kappa shape index (κ2) is 4.53. The van der Waals surface area contributed by atoms with E-state index in [1.807, 2.05) is 12.3 Å². The first-order valence-corrected chi connectivity index (χ1v) is 5.20. The Morgan fingerprint density at radius 2 is 2.36 bits per heavy atom. The van der Waals surface area contributed by atoms with Crippen molar-refractivity contribution >= 4 is 0 Å². The van der Waals surface area contributed by atoms with E-state index in [2.05, 4.69) is 34.4 Å². The molecular weight excluding hydrogens is 174 g/mol. The van der Waals surface area contributed by atoms with E-state index in [0.717, 1.165) is 26.1 Å². The minimum Gasteiger partial charge on any atom is -0.315 e. The molecule has 3 nitrogen and oxygen atoms in total. The Hall–Kier alpha value is -0.930. The monoisotopic (exact) mass is 191 g/mol. The molecule has 0 radical (unpaired) electrons. The van der Waals surface area contributed by atoms with Crippen LogP contribution in [-0.4, -0.2) is 36.6 Å². The van der Waals surface area contributed by atoms with Gasteiger partial charge in [0.1, 0.15) is 0 Å². The van der Waals surface area contributed by atoms with E-state index in [-0.39, 0.29) is 0 Å². The lowest BCUT2D eigenvalue weighted by Crippen LogP contribution is -2.27. The fourth-order valence-electron chi connectivity index (χ4n) is 1.94. The van der Waals surface area contributed by atoms with E-state index in [1.165, 1.54) is 5.69 Å². The van der Waals surface area contributed by atoms with Crippen LogP contribution in [0.5, 0.6) is 0 Å². The maximum Gasteiger partial charge on any atom is 0.0575 e. The number of aromatic nitrogens is 1. The van der Waals surface area contributed by atoms with Crippen LogP contribution in [0.3, 0.4) is 0 Å². The van der Waals surface area contributed by atoms with Crippen LogP contribution in [0.4, 0.5) is 0 Å². The average Bonchev–Trinajstić information content (AvgIpc) is 2.44. The summed E-state index contributed by atoms with van der Waals surface area (Å²) in [5, 5.41) is 3.41. The van der Waals surface area contributed by atoms with E-state index in [9.17, 15) is 0 Å². The Morgan fingerprint density at radius 3 is 3.14 bits per heavy atom. The molecule has 1 unspecified atom stereocenters. The van der Waals surface area contributed by atoms with Crippen molar-refractivity contribution in [3.05, 3.63) is 30.1 Å². The molecular formula is C11H17N3. The summed E-state index contributed by atoms with van der Waals surface area (Å²) in [5.74, 6) is 0. The summed E-state index contributed by atoms with van der Waals surface area (Å²) in [6, 6.07) is 6.63. The van der Waals surface area contributed by atoms with Crippen LogP contribution in [0.1, 0.15) is 18.2 Å². The molecule has 0 spiro atoms. The van der Waals surface area contributed by atoms with Gasteiger partial charge in [0, 0.05) is 19.3 Å². The first kappa shape index (κ1) is 9.62. The molecule has 0 aliphatic carbocycles. The molecule has 1 saturated heterocycles. The van der Waals surface area contributed by atoms with Gasteiger partial charge in [-0.3, -0.25) is 9.88 Å².